The van der Waals surface area contributed by atoms with Crippen LogP contribution < -0.4 is 16.0 Å². The Bertz CT molecular complexity index is 1120. The van der Waals surface area contributed by atoms with Crippen molar-refractivity contribution in [3.05, 3.63) is 60.3 Å². The number of amides is 3. The van der Waals surface area contributed by atoms with E-state index >= 15 is 0 Å². The molecule has 1 saturated heterocycles. The highest BCUT2D eigenvalue weighted by molar-refractivity contribution is 7.96. The number of thiol groups is 1. The summed E-state index contributed by atoms with van der Waals surface area (Å²) >= 11 is 3.93. The van der Waals surface area contributed by atoms with Gasteiger partial charge < -0.3 is 20.9 Å². The van der Waals surface area contributed by atoms with Gasteiger partial charge in [0.2, 0.25) is 16.9 Å². The predicted octanol–water partition coefficient (Wildman–Crippen LogP) is 2.26. The molecule has 0 bridgehead atoms. The summed E-state index contributed by atoms with van der Waals surface area (Å²) in [5.74, 6) is -1.30. The summed E-state index contributed by atoms with van der Waals surface area (Å²) in [4.78, 5) is 53.5. The van der Waals surface area contributed by atoms with Gasteiger partial charge in [-0.15, -0.1) is 12.6 Å². The minimum atomic E-state index is -0.918. The summed E-state index contributed by atoms with van der Waals surface area (Å²) in [5, 5.41) is 8.67. The van der Waals surface area contributed by atoms with Crippen molar-refractivity contribution in [2.24, 2.45) is 11.8 Å². The number of hydrogen-bond acceptors (Lipinski definition) is 4. The number of fused-ring (bicyclic) bond motifs is 1. The molecular formula is C25H28N4O4S. The number of nitrogens with one attached hydrogen (secondary N) is 4. The molecule has 178 valence electrons. The number of aromatic nitrogens is 1. The van der Waals surface area contributed by atoms with Gasteiger partial charge in [-0.25, -0.2) is 0 Å². The lowest BCUT2D eigenvalue weighted by Crippen LogP contribution is -2.52. The normalized spacial score (nSPS) is 21.1. The summed E-state index contributed by atoms with van der Waals surface area (Å²) in [6.07, 6.45) is 9.77. The number of carbonyl (C=O) groups excluding carboxylic acids is 4. The summed E-state index contributed by atoms with van der Waals surface area (Å²) in [5.41, 5.74) is 1.17. The molecule has 0 spiro atoms. The molecule has 1 aliphatic carbocycles. The van der Waals surface area contributed by atoms with E-state index in [1.807, 2.05) is 48.6 Å². The number of para-hydroxylation sites is 1. The molecule has 4 atom stereocenters. The molecule has 1 fully saturated rings. The van der Waals surface area contributed by atoms with Gasteiger partial charge in [0, 0.05) is 23.4 Å². The Morgan fingerprint density at radius 3 is 2.59 bits per heavy atom. The lowest BCUT2D eigenvalue weighted by atomic mass is 9.92. The van der Waals surface area contributed by atoms with Crippen molar-refractivity contribution in [1.29, 1.82) is 0 Å². The quantitative estimate of drug-likeness (QED) is 0.354. The molecule has 4 rings (SSSR count). The highest BCUT2D eigenvalue weighted by Crippen LogP contribution is 2.21. The largest absolute Gasteiger partial charge is 0.356 e. The number of carbonyl (C=O) groups is 4. The van der Waals surface area contributed by atoms with Crippen LogP contribution in [0.25, 0.3) is 10.9 Å². The van der Waals surface area contributed by atoms with Crippen LogP contribution in [0, 0.1) is 11.8 Å². The number of H-pyrrole nitrogens is 1. The molecule has 3 amide bonds. The standard InChI is InChI=1S/C25H28N4O4S/c30-22-17(10-11-26-22)14-21(25(33)34)29-23(31)19(12-15-6-2-1-3-7-15)28-24(32)20-13-16-8-4-5-9-18(16)27-20/h1-6,8-9,13,15,17,19,21,27H,7,10-12,14H2,(H,26,30)(H,28,32)(H,29,31)(H,33,34)/t15-,17-,19-,21-/m0/s1. The van der Waals surface area contributed by atoms with Crippen LogP contribution in [-0.2, 0) is 14.4 Å². The maximum atomic E-state index is 13.3. The molecule has 4 N–H and O–H groups in total. The highest BCUT2D eigenvalue weighted by Gasteiger charge is 2.33. The zero-order valence-corrected chi connectivity index (χ0v) is 19.5. The fraction of sp³-hybridized carbons (Fsp3) is 0.360. The van der Waals surface area contributed by atoms with E-state index in [2.05, 4.69) is 33.6 Å². The SMILES string of the molecule is O=C(N[C@@H](C[C@H]1C=CC=CC1)C(=O)N[C@@H](C[C@@H]1CCNC1=O)C(=O)S)c1cc2ccccc2[nH]1. The molecule has 0 radical (unpaired) electrons. The number of allylic oxidation sites excluding steroid dienone is 4. The first-order valence-corrected chi connectivity index (χ1v) is 11.9. The van der Waals surface area contributed by atoms with Gasteiger partial charge in [-0.05, 0) is 43.7 Å². The Hall–Kier alpha value is -3.33. The van der Waals surface area contributed by atoms with Crippen molar-refractivity contribution in [1.82, 2.24) is 20.9 Å². The third-order valence-electron chi connectivity index (χ3n) is 6.30. The third kappa shape index (κ3) is 5.77. The summed E-state index contributed by atoms with van der Waals surface area (Å²) in [7, 11) is 0. The number of aromatic amines is 1. The van der Waals surface area contributed by atoms with E-state index in [0.717, 1.165) is 17.3 Å². The summed E-state index contributed by atoms with van der Waals surface area (Å²) < 4.78 is 0. The minimum Gasteiger partial charge on any atom is -0.356 e. The van der Waals surface area contributed by atoms with Crippen molar-refractivity contribution >= 4 is 46.4 Å². The van der Waals surface area contributed by atoms with Crippen molar-refractivity contribution < 1.29 is 19.2 Å². The topological polar surface area (TPSA) is 120 Å². The molecule has 9 heteroatoms. The fourth-order valence-electron chi connectivity index (χ4n) is 4.42. The number of rotatable bonds is 9. The Kier molecular flexibility index (Phi) is 7.52. The molecule has 1 aromatic carbocycles. The maximum Gasteiger partial charge on any atom is 0.268 e. The molecule has 2 aromatic rings. The van der Waals surface area contributed by atoms with Gasteiger partial charge in [0.25, 0.3) is 5.91 Å². The lowest BCUT2D eigenvalue weighted by molar-refractivity contribution is -0.128. The first-order chi connectivity index (χ1) is 16.4. The van der Waals surface area contributed by atoms with Crippen LogP contribution in [0.5, 0.6) is 0 Å². The molecule has 1 aromatic heterocycles. The molecule has 0 unspecified atom stereocenters. The molecule has 8 nitrogen and oxygen atoms in total. The van der Waals surface area contributed by atoms with Gasteiger partial charge in [-0.2, -0.15) is 0 Å². The molecule has 0 saturated carbocycles. The van der Waals surface area contributed by atoms with Crippen LogP contribution >= 0.6 is 12.6 Å². The first-order valence-electron chi connectivity index (χ1n) is 11.4. The van der Waals surface area contributed by atoms with E-state index in [0.29, 0.717) is 25.1 Å². The third-order valence-corrected chi connectivity index (χ3v) is 6.61. The fourth-order valence-corrected chi connectivity index (χ4v) is 4.59. The summed E-state index contributed by atoms with van der Waals surface area (Å²) in [6.45, 7) is 0.551. The van der Waals surface area contributed by atoms with E-state index in [1.165, 1.54) is 0 Å². The zero-order chi connectivity index (χ0) is 24.1. The van der Waals surface area contributed by atoms with Crippen LogP contribution in [0.3, 0.4) is 0 Å². The van der Waals surface area contributed by atoms with Gasteiger partial charge in [-0.3, -0.25) is 19.2 Å². The average molecular weight is 481 g/mol. The Morgan fingerprint density at radius 1 is 1.09 bits per heavy atom. The highest BCUT2D eigenvalue weighted by atomic mass is 32.1. The minimum absolute atomic E-state index is 0.0644. The van der Waals surface area contributed by atoms with E-state index in [1.54, 1.807) is 6.07 Å². The number of hydrogen-bond donors (Lipinski definition) is 5. The van der Waals surface area contributed by atoms with Crippen molar-refractivity contribution in [3.8, 4) is 0 Å². The molecule has 2 heterocycles. The monoisotopic (exact) mass is 480 g/mol. The predicted molar refractivity (Wildman–Crippen MR) is 132 cm³/mol. The van der Waals surface area contributed by atoms with E-state index < -0.39 is 29.0 Å². The average Bonchev–Trinajstić information content (AvgIpc) is 3.44. The second-order valence-electron chi connectivity index (χ2n) is 8.75. The van der Waals surface area contributed by atoms with Crippen molar-refractivity contribution in [3.63, 3.8) is 0 Å². The second-order valence-corrected chi connectivity index (χ2v) is 9.19. The van der Waals surface area contributed by atoms with Crippen LogP contribution in [0.15, 0.2) is 54.6 Å². The van der Waals surface area contributed by atoms with Gasteiger partial charge in [0.1, 0.15) is 11.7 Å². The molecule has 34 heavy (non-hydrogen) atoms. The lowest BCUT2D eigenvalue weighted by Gasteiger charge is -2.25. The van der Waals surface area contributed by atoms with Crippen molar-refractivity contribution in [2.45, 2.75) is 37.8 Å². The van der Waals surface area contributed by atoms with Gasteiger partial charge in [-0.1, -0.05) is 42.5 Å². The van der Waals surface area contributed by atoms with Crippen LogP contribution in [0.4, 0.5) is 0 Å². The van der Waals surface area contributed by atoms with Crippen LogP contribution in [-0.4, -0.2) is 46.4 Å². The Labute approximate surface area is 203 Å². The van der Waals surface area contributed by atoms with E-state index in [4.69, 9.17) is 0 Å². The smallest absolute Gasteiger partial charge is 0.268 e. The zero-order valence-electron chi connectivity index (χ0n) is 18.6. The van der Waals surface area contributed by atoms with Gasteiger partial charge in [0.05, 0.1) is 6.04 Å². The number of benzene rings is 1. The summed E-state index contributed by atoms with van der Waals surface area (Å²) in [6, 6.07) is 7.48. The maximum absolute atomic E-state index is 13.3. The molecule has 2 aliphatic rings. The first kappa shape index (κ1) is 23.8. The Balaban J connectivity index is 1.49. The van der Waals surface area contributed by atoms with E-state index in [-0.39, 0.29) is 24.2 Å². The molecule has 1 aliphatic heterocycles. The Morgan fingerprint density at radius 2 is 1.91 bits per heavy atom. The van der Waals surface area contributed by atoms with E-state index in [9.17, 15) is 19.2 Å². The van der Waals surface area contributed by atoms with Gasteiger partial charge >= 0.3 is 0 Å². The van der Waals surface area contributed by atoms with Crippen molar-refractivity contribution in [2.75, 3.05) is 6.54 Å². The van der Waals surface area contributed by atoms with Gasteiger partial charge in [0.15, 0.2) is 0 Å². The van der Waals surface area contributed by atoms with Crippen LogP contribution in [0.2, 0.25) is 0 Å². The molecular weight excluding hydrogens is 452 g/mol. The van der Waals surface area contributed by atoms with Crippen LogP contribution in [0.1, 0.15) is 36.2 Å². The second kappa shape index (κ2) is 10.7.